The number of nitrogens with two attached hydrogens (primary N) is 1. The molecule has 5 nitrogen and oxygen atoms in total. The van der Waals surface area contributed by atoms with Crippen LogP contribution in [0.25, 0.3) is 0 Å². The summed E-state index contributed by atoms with van der Waals surface area (Å²) >= 11 is 5.63. The Morgan fingerprint density at radius 1 is 1.19 bits per heavy atom. The quantitative estimate of drug-likeness (QED) is 0.853. The van der Waals surface area contributed by atoms with Crippen LogP contribution in [-0.2, 0) is 0 Å². The number of carbonyl (C=O) groups is 2. The highest BCUT2D eigenvalue weighted by atomic mass is 35.5. The lowest BCUT2D eigenvalue weighted by molar-refractivity contribution is 0.0992. The fourth-order valence-electron chi connectivity index (χ4n) is 1.57. The smallest absolute Gasteiger partial charge is 0.255 e. The van der Waals surface area contributed by atoms with Crippen molar-refractivity contribution in [1.82, 2.24) is 4.98 Å². The Labute approximate surface area is 122 Å². The molecule has 0 saturated heterocycles. The van der Waals surface area contributed by atoms with Crippen molar-refractivity contribution in [1.29, 1.82) is 0 Å². The van der Waals surface area contributed by atoms with E-state index in [2.05, 4.69) is 10.3 Å². The van der Waals surface area contributed by atoms with Gasteiger partial charge in [0.15, 0.2) is 0 Å². The van der Waals surface area contributed by atoms with Gasteiger partial charge in [-0.3, -0.25) is 9.59 Å². The van der Waals surface area contributed by atoms with Gasteiger partial charge >= 0.3 is 0 Å². The molecule has 0 unspecified atom stereocenters. The number of pyridine rings is 1. The average Bonchev–Trinajstić information content (AvgIpc) is 2.41. The van der Waals surface area contributed by atoms with Gasteiger partial charge in [0.2, 0.25) is 0 Å². The number of anilines is 1. The van der Waals surface area contributed by atoms with E-state index in [1.54, 1.807) is 0 Å². The standard InChI is InChI=1S/C13H8ClF2N3O2/c14-11-3-6(1-2-18-11)13(21)19-10-4-7(12(17)20)8(15)5-9(10)16/h1-5H,(H2,17,20)(H,19,21). The van der Waals surface area contributed by atoms with Crippen molar-refractivity contribution < 1.29 is 18.4 Å². The molecule has 1 aromatic carbocycles. The lowest BCUT2D eigenvalue weighted by atomic mass is 10.1. The minimum atomic E-state index is -1.11. The van der Waals surface area contributed by atoms with E-state index in [0.29, 0.717) is 6.07 Å². The van der Waals surface area contributed by atoms with Gasteiger partial charge in [-0.1, -0.05) is 11.6 Å². The van der Waals surface area contributed by atoms with Crippen molar-refractivity contribution in [2.45, 2.75) is 0 Å². The molecule has 0 bridgehead atoms. The van der Waals surface area contributed by atoms with Crippen molar-refractivity contribution in [3.8, 4) is 0 Å². The van der Waals surface area contributed by atoms with Crippen molar-refractivity contribution in [3.05, 3.63) is 58.4 Å². The Morgan fingerprint density at radius 2 is 1.90 bits per heavy atom. The molecule has 2 rings (SSSR count). The van der Waals surface area contributed by atoms with E-state index in [0.717, 1.165) is 6.07 Å². The number of carbonyl (C=O) groups excluding carboxylic acids is 2. The molecule has 0 fully saturated rings. The monoisotopic (exact) mass is 311 g/mol. The molecule has 0 aliphatic rings. The molecule has 108 valence electrons. The van der Waals surface area contributed by atoms with Crippen LogP contribution in [0.3, 0.4) is 0 Å². The molecule has 1 heterocycles. The molecule has 0 saturated carbocycles. The summed E-state index contributed by atoms with van der Waals surface area (Å²) in [5, 5.41) is 2.28. The van der Waals surface area contributed by atoms with E-state index in [1.807, 2.05) is 0 Å². The maximum Gasteiger partial charge on any atom is 0.255 e. The second-order valence-electron chi connectivity index (χ2n) is 4.00. The van der Waals surface area contributed by atoms with Gasteiger partial charge in [0.05, 0.1) is 11.3 Å². The third-order valence-electron chi connectivity index (χ3n) is 2.56. The number of hydrogen-bond acceptors (Lipinski definition) is 3. The highest BCUT2D eigenvalue weighted by Gasteiger charge is 2.16. The lowest BCUT2D eigenvalue weighted by Gasteiger charge is -2.08. The Bertz CT molecular complexity index is 737. The second-order valence-corrected chi connectivity index (χ2v) is 4.38. The van der Waals surface area contributed by atoms with Crippen LogP contribution in [0.15, 0.2) is 30.5 Å². The van der Waals surface area contributed by atoms with E-state index in [1.165, 1.54) is 18.3 Å². The molecule has 0 aliphatic heterocycles. The minimum Gasteiger partial charge on any atom is -0.366 e. The molecule has 0 atom stereocenters. The largest absolute Gasteiger partial charge is 0.366 e. The number of benzene rings is 1. The van der Waals surface area contributed by atoms with Gasteiger partial charge in [-0.2, -0.15) is 0 Å². The summed E-state index contributed by atoms with van der Waals surface area (Å²) in [5.74, 6) is -3.91. The van der Waals surface area contributed by atoms with Crippen LogP contribution in [-0.4, -0.2) is 16.8 Å². The lowest BCUT2D eigenvalue weighted by Crippen LogP contribution is -2.17. The molecule has 0 aliphatic carbocycles. The fraction of sp³-hybridized carbons (Fsp3) is 0. The number of nitrogens with zero attached hydrogens (tertiary/aromatic N) is 1. The van der Waals surface area contributed by atoms with Gasteiger partial charge in [-0.05, 0) is 18.2 Å². The van der Waals surface area contributed by atoms with Crippen LogP contribution in [0.5, 0.6) is 0 Å². The average molecular weight is 312 g/mol. The third-order valence-corrected chi connectivity index (χ3v) is 2.77. The maximum absolute atomic E-state index is 13.6. The Morgan fingerprint density at radius 3 is 2.52 bits per heavy atom. The van der Waals surface area contributed by atoms with Gasteiger partial charge in [0, 0.05) is 17.8 Å². The molecule has 2 aromatic rings. The van der Waals surface area contributed by atoms with Crippen LogP contribution < -0.4 is 11.1 Å². The van der Waals surface area contributed by atoms with Crippen LogP contribution in [0.1, 0.15) is 20.7 Å². The Kier molecular flexibility index (Phi) is 4.13. The minimum absolute atomic E-state index is 0.0834. The van der Waals surface area contributed by atoms with Gasteiger partial charge in [0.25, 0.3) is 11.8 Å². The number of aromatic nitrogens is 1. The zero-order chi connectivity index (χ0) is 15.6. The molecular weight excluding hydrogens is 304 g/mol. The number of nitrogens with one attached hydrogen (secondary N) is 1. The van der Waals surface area contributed by atoms with Gasteiger partial charge in [-0.25, -0.2) is 13.8 Å². The first kappa shape index (κ1) is 14.9. The zero-order valence-electron chi connectivity index (χ0n) is 10.4. The summed E-state index contributed by atoms with van der Waals surface area (Å²) in [4.78, 5) is 26.6. The SMILES string of the molecule is NC(=O)c1cc(NC(=O)c2ccnc(Cl)c2)c(F)cc1F. The van der Waals surface area contributed by atoms with Crippen molar-refractivity contribution in [3.63, 3.8) is 0 Å². The van der Waals surface area contributed by atoms with Gasteiger partial charge in [-0.15, -0.1) is 0 Å². The van der Waals surface area contributed by atoms with Crippen LogP contribution in [0.2, 0.25) is 5.15 Å². The Hall–Kier alpha value is -2.54. The third kappa shape index (κ3) is 3.32. The van der Waals surface area contributed by atoms with E-state index in [9.17, 15) is 18.4 Å². The molecule has 3 N–H and O–H groups in total. The number of amides is 2. The topological polar surface area (TPSA) is 85.1 Å². The fourth-order valence-corrected chi connectivity index (χ4v) is 1.75. The van der Waals surface area contributed by atoms with E-state index in [4.69, 9.17) is 17.3 Å². The second kappa shape index (κ2) is 5.84. The zero-order valence-corrected chi connectivity index (χ0v) is 11.1. The van der Waals surface area contributed by atoms with E-state index in [-0.39, 0.29) is 16.4 Å². The number of hydrogen-bond donors (Lipinski definition) is 2. The van der Waals surface area contributed by atoms with Crippen LogP contribution in [0, 0.1) is 11.6 Å². The first-order valence-electron chi connectivity index (χ1n) is 5.60. The maximum atomic E-state index is 13.6. The van der Waals surface area contributed by atoms with Crippen LogP contribution >= 0.6 is 11.6 Å². The van der Waals surface area contributed by atoms with Crippen LogP contribution in [0.4, 0.5) is 14.5 Å². The normalized spacial score (nSPS) is 10.2. The van der Waals surface area contributed by atoms with E-state index >= 15 is 0 Å². The molecule has 21 heavy (non-hydrogen) atoms. The first-order chi connectivity index (χ1) is 9.88. The van der Waals surface area contributed by atoms with Crippen molar-refractivity contribution in [2.24, 2.45) is 5.73 Å². The van der Waals surface area contributed by atoms with Gasteiger partial charge < -0.3 is 11.1 Å². The van der Waals surface area contributed by atoms with Crippen molar-refractivity contribution >= 4 is 29.1 Å². The molecule has 0 spiro atoms. The number of halogens is 3. The summed E-state index contributed by atoms with van der Waals surface area (Å²) in [6.45, 7) is 0. The first-order valence-corrected chi connectivity index (χ1v) is 5.98. The molecule has 8 heteroatoms. The molecule has 1 aromatic heterocycles. The van der Waals surface area contributed by atoms with Crippen molar-refractivity contribution in [2.75, 3.05) is 5.32 Å². The molecular formula is C13H8ClF2N3O2. The van der Waals surface area contributed by atoms with E-state index < -0.39 is 29.0 Å². The summed E-state index contributed by atoms with van der Waals surface area (Å²) in [7, 11) is 0. The number of rotatable bonds is 3. The highest BCUT2D eigenvalue weighted by molar-refractivity contribution is 6.29. The predicted molar refractivity (Wildman–Crippen MR) is 72.1 cm³/mol. The number of primary amides is 1. The summed E-state index contributed by atoms with van der Waals surface area (Å²) in [6.07, 6.45) is 1.30. The summed E-state index contributed by atoms with van der Waals surface area (Å²) < 4.78 is 26.9. The predicted octanol–water partition coefficient (Wildman–Crippen LogP) is 2.36. The Balaban J connectivity index is 2.33. The molecule has 0 radical (unpaired) electrons. The molecule has 2 amide bonds. The highest BCUT2D eigenvalue weighted by Crippen LogP contribution is 2.20. The summed E-state index contributed by atoms with van der Waals surface area (Å²) in [6, 6.07) is 3.92. The summed E-state index contributed by atoms with van der Waals surface area (Å²) in [5.41, 5.74) is 4.18. The van der Waals surface area contributed by atoms with Gasteiger partial charge in [0.1, 0.15) is 16.8 Å².